The first-order valence-electron chi connectivity index (χ1n) is 9.74. The van der Waals surface area contributed by atoms with Gasteiger partial charge in [-0.1, -0.05) is 6.07 Å². The molecule has 0 radical (unpaired) electrons. The van der Waals surface area contributed by atoms with Crippen molar-refractivity contribution in [3.63, 3.8) is 0 Å². The quantitative estimate of drug-likeness (QED) is 0.669. The Labute approximate surface area is 179 Å². The van der Waals surface area contributed by atoms with Gasteiger partial charge in [0.2, 0.25) is 15.9 Å². The van der Waals surface area contributed by atoms with Gasteiger partial charge in [0.1, 0.15) is 12.3 Å². The van der Waals surface area contributed by atoms with Crippen LogP contribution in [0, 0.1) is 0 Å². The second kappa shape index (κ2) is 9.17. The number of carbonyl (C=O) groups excluding carboxylic acids is 1. The Balaban J connectivity index is 1.69. The zero-order chi connectivity index (χ0) is 22.6. The summed E-state index contributed by atoms with van der Waals surface area (Å²) in [5.74, 6) is -0.0149. The van der Waals surface area contributed by atoms with Gasteiger partial charge in [-0.2, -0.15) is 13.2 Å². The molecule has 2 aromatic carbocycles. The molecule has 0 aromatic heterocycles. The van der Waals surface area contributed by atoms with E-state index in [-0.39, 0.29) is 11.8 Å². The van der Waals surface area contributed by atoms with E-state index < -0.39 is 34.2 Å². The van der Waals surface area contributed by atoms with Crippen LogP contribution >= 0.6 is 0 Å². The van der Waals surface area contributed by atoms with E-state index in [1.165, 1.54) is 6.07 Å². The topological polar surface area (TPSA) is 75.7 Å². The number of carbonyl (C=O) groups is 1. The largest absolute Gasteiger partial charge is 0.490 e. The zero-order valence-corrected chi connectivity index (χ0v) is 17.7. The SMILES string of the molecule is CS(=O)(=O)N(CC(=O)Nc1ccc(OC2CCCC2)cc1)c1cccc(C(F)(F)F)c1. The van der Waals surface area contributed by atoms with Crippen molar-refractivity contribution >= 4 is 27.3 Å². The first kappa shape index (κ1) is 22.9. The first-order valence-corrected chi connectivity index (χ1v) is 11.6. The van der Waals surface area contributed by atoms with E-state index in [0.29, 0.717) is 21.8 Å². The lowest BCUT2D eigenvalue weighted by atomic mass is 10.2. The number of halogens is 3. The lowest BCUT2D eigenvalue weighted by Gasteiger charge is -2.23. The van der Waals surface area contributed by atoms with Crippen molar-refractivity contribution in [3.8, 4) is 5.75 Å². The van der Waals surface area contributed by atoms with Crippen molar-refractivity contribution in [2.45, 2.75) is 38.0 Å². The van der Waals surface area contributed by atoms with E-state index >= 15 is 0 Å². The van der Waals surface area contributed by atoms with Crippen LogP contribution in [0.4, 0.5) is 24.5 Å². The Hall–Kier alpha value is -2.75. The highest BCUT2D eigenvalue weighted by molar-refractivity contribution is 7.92. The normalized spacial score (nSPS) is 15.0. The maximum atomic E-state index is 13.0. The van der Waals surface area contributed by atoms with Gasteiger partial charge in [0.05, 0.1) is 23.6 Å². The molecule has 31 heavy (non-hydrogen) atoms. The highest BCUT2D eigenvalue weighted by atomic mass is 32.2. The number of benzene rings is 2. The summed E-state index contributed by atoms with van der Waals surface area (Å²) >= 11 is 0. The number of sulfonamides is 1. The van der Waals surface area contributed by atoms with Gasteiger partial charge in [0, 0.05) is 5.69 Å². The molecular weight excluding hydrogens is 433 g/mol. The van der Waals surface area contributed by atoms with E-state index in [4.69, 9.17) is 4.74 Å². The Kier molecular flexibility index (Phi) is 6.78. The molecule has 1 aliphatic rings. The molecule has 1 saturated carbocycles. The molecule has 1 amide bonds. The van der Waals surface area contributed by atoms with Crippen LogP contribution in [0.2, 0.25) is 0 Å². The minimum Gasteiger partial charge on any atom is -0.490 e. The summed E-state index contributed by atoms with van der Waals surface area (Å²) < 4.78 is 69.7. The van der Waals surface area contributed by atoms with Gasteiger partial charge >= 0.3 is 6.18 Å². The standard InChI is InChI=1S/C21H23F3N2O4S/c1-31(28,29)26(17-6-4-5-15(13-17)21(22,23)24)14-20(27)25-16-9-11-19(12-10-16)30-18-7-2-3-8-18/h4-6,9-13,18H,2-3,7-8,14H2,1H3,(H,25,27). The van der Waals surface area contributed by atoms with Crippen molar-refractivity contribution in [1.82, 2.24) is 0 Å². The fourth-order valence-corrected chi connectivity index (χ4v) is 4.23. The number of ether oxygens (including phenoxy) is 1. The molecule has 10 heteroatoms. The maximum absolute atomic E-state index is 13.0. The van der Waals surface area contributed by atoms with Crippen molar-refractivity contribution in [3.05, 3.63) is 54.1 Å². The molecule has 6 nitrogen and oxygen atoms in total. The van der Waals surface area contributed by atoms with Crippen molar-refractivity contribution in [2.24, 2.45) is 0 Å². The van der Waals surface area contributed by atoms with Gasteiger partial charge in [-0.25, -0.2) is 8.42 Å². The van der Waals surface area contributed by atoms with Gasteiger partial charge in [0.15, 0.2) is 0 Å². The lowest BCUT2D eigenvalue weighted by Crippen LogP contribution is -2.37. The third-order valence-corrected chi connectivity index (χ3v) is 6.03. The number of hydrogen-bond donors (Lipinski definition) is 1. The Morgan fingerprint density at radius 2 is 1.77 bits per heavy atom. The van der Waals surface area contributed by atoms with Gasteiger partial charge < -0.3 is 10.1 Å². The average Bonchev–Trinajstić information content (AvgIpc) is 3.19. The van der Waals surface area contributed by atoms with E-state index in [1.54, 1.807) is 24.3 Å². The van der Waals surface area contributed by atoms with Crippen molar-refractivity contribution < 1.29 is 31.1 Å². The minimum absolute atomic E-state index is 0.191. The molecule has 0 heterocycles. The Morgan fingerprint density at radius 1 is 1.13 bits per heavy atom. The summed E-state index contributed by atoms with van der Waals surface area (Å²) in [7, 11) is -4.00. The van der Waals surface area contributed by atoms with Crippen LogP contribution in [0.1, 0.15) is 31.2 Å². The lowest BCUT2D eigenvalue weighted by molar-refractivity contribution is -0.137. The van der Waals surface area contributed by atoms with Gasteiger partial charge in [-0.3, -0.25) is 9.10 Å². The summed E-state index contributed by atoms with van der Waals surface area (Å²) in [5.41, 5.74) is -0.828. The van der Waals surface area contributed by atoms with Gasteiger partial charge in [0.25, 0.3) is 0 Å². The smallest absolute Gasteiger partial charge is 0.416 e. The van der Waals surface area contributed by atoms with Crippen molar-refractivity contribution in [1.29, 1.82) is 0 Å². The summed E-state index contributed by atoms with van der Waals surface area (Å²) in [6.07, 6.45) is 0.684. The van der Waals surface area contributed by atoms with Gasteiger partial charge in [-0.05, 0) is 68.1 Å². The monoisotopic (exact) mass is 456 g/mol. The number of alkyl halides is 3. The predicted octanol–water partition coefficient (Wildman–Crippen LogP) is 4.43. The fraction of sp³-hybridized carbons (Fsp3) is 0.381. The fourth-order valence-electron chi connectivity index (χ4n) is 3.38. The third-order valence-electron chi connectivity index (χ3n) is 4.89. The minimum atomic E-state index is -4.64. The predicted molar refractivity (Wildman–Crippen MR) is 112 cm³/mol. The molecule has 1 N–H and O–H groups in total. The number of nitrogens with zero attached hydrogens (tertiary/aromatic N) is 1. The molecule has 0 aliphatic heterocycles. The molecule has 0 unspecified atom stereocenters. The van der Waals surface area contributed by atoms with Crippen LogP contribution in [0.15, 0.2) is 48.5 Å². The highest BCUT2D eigenvalue weighted by Gasteiger charge is 2.32. The second-order valence-electron chi connectivity index (χ2n) is 7.41. The molecule has 0 bridgehead atoms. The van der Waals surface area contributed by atoms with E-state index in [9.17, 15) is 26.4 Å². The molecule has 168 valence electrons. The molecule has 1 aliphatic carbocycles. The number of amides is 1. The summed E-state index contributed by atoms with van der Waals surface area (Å²) in [6, 6.07) is 10.5. The summed E-state index contributed by atoms with van der Waals surface area (Å²) in [6.45, 7) is -0.666. The second-order valence-corrected chi connectivity index (χ2v) is 9.32. The molecule has 0 spiro atoms. The third kappa shape index (κ3) is 6.36. The summed E-state index contributed by atoms with van der Waals surface area (Å²) in [4.78, 5) is 12.4. The van der Waals surface area contributed by atoms with Crippen LogP contribution < -0.4 is 14.4 Å². The van der Waals surface area contributed by atoms with Crippen molar-refractivity contribution in [2.75, 3.05) is 22.4 Å². The van der Waals surface area contributed by atoms with Crippen LogP contribution in [-0.2, 0) is 21.0 Å². The molecule has 2 aromatic rings. The number of hydrogen-bond acceptors (Lipinski definition) is 4. The molecule has 1 fully saturated rings. The molecular formula is C21H23F3N2O4S. The summed E-state index contributed by atoms with van der Waals surface area (Å²) in [5, 5.41) is 2.56. The maximum Gasteiger partial charge on any atom is 0.416 e. The van der Waals surface area contributed by atoms with Crippen LogP contribution in [0.25, 0.3) is 0 Å². The van der Waals surface area contributed by atoms with Crippen LogP contribution in [0.3, 0.4) is 0 Å². The Morgan fingerprint density at radius 3 is 2.35 bits per heavy atom. The highest BCUT2D eigenvalue weighted by Crippen LogP contribution is 2.32. The zero-order valence-electron chi connectivity index (χ0n) is 16.9. The van der Waals surface area contributed by atoms with Gasteiger partial charge in [-0.15, -0.1) is 0 Å². The number of nitrogens with one attached hydrogen (secondary N) is 1. The first-order chi connectivity index (χ1) is 14.5. The average molecular weight is 456 g/mol. The van der Waals surface area contributed by atoms with E-state index in [2.05, 4.69) is 5.32 Å². The Bertz CT molecular complexity index is 1020. The molecule has 0 atom stereocenters. The van der Waals surface area contributed by atoms with Crippen LogP contribution in [0.5, 0.6) is 5.75 Å². The number of anilines is 2. The van der Waals surface area contributed by atoms with E-state index in [0.717, 1.165) is 44.1 Å². The van der Waals surface area contributed by atoms with E-state index in [1.807, 2.05) is 0 Å². The number of rotatable bonds is 7. The molecule has 3 rings (SSSR count). The molecule has 0 saturated heterocycles. The van der Waals surface area contributed by atoms with Crippen LogP contribution in [-0.4, -0.2) is 33.2 Å².